The maximum absolute atomic E-state index is 3.64. The fraction of sp³-hybridized carbons (Fsp3) is 0.120. The second-order valence-corrected chi connectivity index (χ2v) is 7.58. The first kappa shape index (κ1) is 15.2. The summed E-state index contributed by atoms with van der Waals surface area (Å²) in [6.45, 7) is 4.64. The molecule has 1 aliphatic rings. The van der Waals surface area contributed by atoms with Crippen molar-refractivity contribution in [1.29, 1.82) is 0 Å². The van der Waals surface area contributed by atoms with Gasteiger partial charge in [-0.1, -0.05) is 80.6 Å². The summed E-state index contributed by atoms with van der Waals surface area (Å²) < 4.78 is 0. The number of hydrogen-bond donors (Lipinski definition) is 1. The van der Waals surface area contributed by atoms with Gasteiger partial charge in [-0.25, -0.2) is 0 Å². The number of fused-ring (bicyclic) bond motifs is 4. The average molecular weight is 335 g/mol. The molecular formula is C25H21N. The molecule has 0 fully saturated rings. The number of nitrogens with one attached hydrogen (secondary N) is 1. The van der Waals surface area contributed by atoms with E-state index < -0.39 is 0 Å². The van der Waals surface area contributed by atoms with Gasteiger partial charge in [-0.05, 0) is 45.8 Å². The smallest absolute Gasteiger partial charge is 0.0463 e. The van der Waals surface area contributed by atoms with Crippen LogP contribution in [-0.2, 0) is 5.41 Å². The third kappa shape index (κ3) is 2.17. The molecule has 0 saturated carbocycles. The minimum Gasteiger partial charge on any atom is -0.355 e. The molecule has 0 radical (unpaired) electrons. The van der Waals surface area contributed by atoms with Crippen LogP contribution in [0.3, 0.4) is 0 Å². The maximum atomic E-state index is 3.64. The minimum atomic E-state index is 0.0301. The van der Waals surface area contributed by atoms with Crippen molar-refractivity contribution in [3.63, 3.8) is 0 Å². The highest BCUT2D eigenvalue weighted by molar-refractivity contribution is 5.95. The maximum Gasteiger partial charge on any atom is 0.0463 e. The molecule has 1 N–H and O–H groups in total. The van der Waals surface area contributed by atoms with Crippen LogP contribution in [0.15, 0.2) is 84.9 Å². The van der Waals surface area contributed by atoms with Crippen LogP contribution in [0.25, 0.3) is 21.9 Å². The third-order valence-electron chi connectivity index (χ3n) is 5.65. The molecule has 0 amide bonds. The molecule has 1 nitrogen and oxygen atoms in total. The van der Waals surface area contributed by atoms with Crippen molar-refractivity contribution in [2.45, 2.75) is 19.3 Å². The Morgan fingerprint density at radius 1 is 0.654 bits per heavy atom. The van der Waals surface area contributed by atoms with Crippen molar-refractivity contribution in [3.05, 3.63) is 96.1 Å². The molecule has 0 bridgehead atoms. The normalized spacial score (nSPS) is 14.1. The Labute approximate surface area is 154 Å². The van der Waals surface area contributed by atoms with Gasteiger partial charge >= 0.3 is 0 Å². The fourth-order valence-corrected chi connectivity index (χ4v) is 4.27. The Morgan fingerprint density at radius 3 is 2.31 bits per heavy atom. The largest absolute Gasteiger partial charge is 0.355 e. The minimum absolute atomic E-state index is 0.0301. The molecule has 0 atom stereocenters. The Balaban J connectivity index is 1.60. The molecule has 0 aliphatic heterocycles. The summed E-state index contributed by atoms with van der Waals surface area (Å²) in [5.41, 5.74) is 7.85. The van der Waals surface area contributed by atoms with Crippen LogP contribution in [0.1, 0.15) is 25.0 Å². The molecule has 0 unspecified atom stereocenters. The van der Waals surface area contributed by atoms with Crippen LogP contribution < -0.4 is 5.32 Å². The van der Waals surface area contributed by atoms with Crippen LogP contribution in [0.5, 0.6) is 0 Å². The lowest BCUT2D eigenvalue weighted by Gasteiger charge is -2.22. The topological polar surface area (TPSA) is 12.0 Å². The molecule has 0 saturated heterocycles. The molecule has 4 aromatic carbocycles. The van der Waals surface area contributed by atoms with Gasteiger partial charge in [-0.3, -0.25) is 0 Å². The predicted molar refractivity (Wildman–Crippen MR) is 111 cm³/mol. The van der Waals surface area contributed by atoms with Gasteiger partial charge in [0, 0.05) is 22.2 Å². The highest BCUT2D eigenvalue weighted by Gasteiger charge is 2.35. The van der Waals surface area contributed by atoms with Crippen LogP contribution >= 0.6 is 0 Å². The standard InChI is InChI=1S/C25H21N/c1-25(2)22-12-6-5-11-20(22)21-15-14-18(16-23(21)25)26-24-13-7-9-17-8-3-4-10-19(17)24/h3-16,26H,1-2H3. The van der Waals surface area contributed by atoms with Crippen molar-refractivity contribution in [1.82, 2.24) is 0 Å². The fourth-order valence-electron chi connectivity index (χ4n) is 4.27. The van der Waals surface area contributed by atoms with Gasteiger partial charge in [0.15, 0.2) is 0 Å². The van der Waals surface area contributed by atoms with E-state index >= 15 is 0 Å². The van der Waals surface area contributed by atoms with E-state index in [-0.39, 0.29) is 5.41 Å². The van der Waals surface area contributed by atoms with Crippen LogP contribution in [0, 0.1) is 0 Å². The highest BCUT2D eigenvalue weighted by Crippen LogP contribution is 2.49. The van der Waals surface area contributed by atoms with E-state index in [1.54, 1.807) is 0 Å². The third-order valence-corrected chi connectivity index (χ3v) is 5.65. The van der Waals surface area contributed by atoms with Gasteiger partial charge in [0.1, 0.15) is 0 Å². The molecular weight excluding hydrogens is 314 g/mol. The number of rotatable bonds is 2. The van der Waals surface area contributed by atoms with Crippen molar-refractivity contribution >= 4 is 22.1 Å². The zero-order valence-corrected chi connectivity index (χ0v) is 15.1. The lowest BCUT2D eigenvalue weighted by Crippen LogP contribution is -2.15. The summed E-state index contributed by atoms with van der Waals surface area (Å²) in [5, 5.41) is 6.15. The first-order valence-corrected chi connectivity index (χ1v) is 9.14. The first-order chi connectivity index (χ1) is 12.6. The molecule has 4 aromatic rings. The van der Waals surface area contributed by atoms with Crippen molar-refractivity contribution in [2.75, 3.05) is 5.32 Å². The van der Waals surface area contributed by atoms with Gasteiger partial charge in [0.25, 0.3) is 0 Å². The Bertz CT molecular complexity index is 1130. The van der Waals surface area contributed by atoms with E-state index in [0.717, 1.165) is 11.4 Å². The SMILES string of the molecule is CC1(C)c2ccccc2-c2ccc(Nc3cccc4ccccc34)cc21. The quantitative estimate of drug-likeness (QED) is 0.420. The summed E-state index contributed by atoms with van der Waals surface area (Å²) in [4.78, 5) is 0. The van der Waals surface area contributed by atoms with Gasteiger partial charge in [-0.15, -0.1) is 0 Å². The van der Waals surface area contributed by atoms with E-state index in [0.29, 0.717) is 0 Å². The highest BCUT2D eigenvalue weighted by atomic mass is 14.9. The molecule has 5 rings (SSSR count). The first-order valence-electron chi connectivity index (χ1n) is 9.14. The van der Waals surface area contributed by atoms with E-state index in [9.17, 15) is 0 Å². The number of anilines is 2. The molecule has 0 aromatic heterocycles. The molecule has 26 heavy (non-hydrogen) atoms. The molecule has 1 aliphatic carbocycles. The van der Waals surface area contributed by atoms with Crippen LogP contribution in [0.2, 0.25) is 0 Å². The lowest BCUT2D eigenvalue weighted by atomic mass is 9.82. The zero-order chi connectivity index (χ0) is 17.7. The monoisotopic (exact) mass is 335 g/mol. The van der Waals surface area contributed by atoms with E-state index in [2.05, 4.69) is 104 Å². The van der Waals surface area contributed by atoms with Gasteiger partial charge in [0.2, 0.25) is 0 Å². The summed E-state index contributed by atoms with van der Waals surface area (Å²) in [6, 6.07) is 30.5. The summed E-state index contributed by atoms with van der Waals surface area (Å²) in [5.74, 6) is 0. The van der Waals surface area contributed by atoms with E-state index in [1.807, 2.05) is 0 Å². The van der Waals surface area contributed by atoms with Gasteiger partial charge in [-0.2, -0.15) is 0 Å². The Hall–Kier alpha value is -3.06. The van der Waals surface area contributed by atoms with E-state index in [1.165, 1.54) is 33.0 Å². The van der Waals surface area contributed by atoms with Gasteiger partial charge < -0.3 is 5.32 Å². The lowest BCUT2D eigenvalue weighted by molar-refractivity contribution is 0.660. The van der Waals surface area contributed by atoms with Crippen molar-refractivity contribution < 1.29 is 0 Å². The van der Waals surface area contributed by atoms with Crippen molar-refractivity contribution in [3.8, 4) is 11.1 Å². The summed E-state index contributed by atoms with van der Waals surface area (Å²) >= 11 is 0. The number of hydrogen-bond acceptors (Lipinski definition) is 1. The zero-order valence-electron chi connectivity index (χ0n) is 15.1. The Kier molecular flexibility index (Phi) is 3.20. The van der Waals surface area contributed by atoms with Gasteiger partial charge in [0.05, 0.1) is 0 Å². The predicted octanol–water partition coefficient (Wildman–Crippen LogP) is 6.89. The number of benzene rings is 4. The average Bonchev–Trinajstić information content (AvgIpc) is 2.90. The Morgan fingerprint density at radius 2 is 1.38 bits per heavy atom. The van der Waals surface area contributed by atoms with E-state index in [4.69, 9.17) is 0 Å². The molecule has 126 valence electrons. The second kappa shape index (κ2) is 5.47. The summed E-state index contributed by atoms with van der Waals surface area (Å²) in [6.07, 6.45) is 0. The molecule has 0 heterocycles. The molecule has 0 spiro atoms. The van der Waals surface area contributed by atoms with Crippen molar-refractivity contribution in [2.24, 2.45) is 0 Å². The van der Waals surface area contributed by atoms with Crippen LogP contribution in [0.4, 0.5) is 11.4 Å². The summed E-state index contributed by atoms with van der Waals surface area (Å²) in [7, 11) is 0. The molecule has 1 heteroatoms. The van der Waals surface area contributed by atoms with Crippen LogP contribution in [-0.4, -0.2) is 0 Å². The second-order valence-electron chi connectivity index (χ2n) is 7.58.